The second-order valence-corrected chi connectivity index (χ2v) is 6.56. The Hall–Kier alpha value is -1.71. The third kappa shape index (κ3) is 2.27. The van der Waals surface area contributed by atoms with Crippen LogP contribution in [0.2, 0.25) is 0 Å². The molecule has 1 aliphatic carbocycles. The van der Waals surface area contributed by atoms with E-state index in [-0.39, 0.29) is 11.9 Å². The monoisotopic (exact) mass is 285 g/mol. The lowest BCUT2D eigenvalue weighted by molar-refractivity contribution is -0.136. The Morgan fingerprint density at radius 2 is 1.90 bits per heavy atom. The highest BCUT2D eigenvalue weighted by atomic mass is 16.2. The fourth-order valence-electron chi connectivity index (χ4n) is 4.29. The van der Waals surface area contributed by atoms with Crippen LogP contribution in [-0.2, 0) is 4.79 Å². The molecule has 21 heavy (non-hydrogen) atoms. The van der Waals surface area contributed by atoms with Gasteiger partial charge in [0.05, 0.1) is 11.4 Å². The average molecular weight is 285 g/mol. The van der Waals surface area contributed by atoms with Crippen molar-refractivity contribution in [1.29, 1.82) is 0 Å². The van der Waals surface area contributed by atoms with Crippen LogP contribution < -0.4 is 10.6 Å². The van der Waals surface area contributed by atoms with Crippen molar-refractivity contribution in [1.82, 2.24) is 4.90 Å². The molecule has 4 nitrogen and oxygen atoms in total. The fraction of sp³-hybridized carbons (Fsp3) is 0.588. The first-order valence-corrected chi connectivity index (χ1v) is 8.23. The van der Waals surface area contributed by atoms with Gasteiger partial charge in [-0.25, -0.2) is 0 Å². The molecule has 3 unspecified atom stereocenters. The number of nitrogens with one attached hydrogen (secondary N) is 2. The largest absolute Gasteiger partial charge is 0.381 e. The molecule has 4 rings (SSSR count). The summed E-state index contributed by atoms with van der Waals surface area (Å²) in [5.74, 6) is 1.04. The lowest BCUT2D eigenvalue weighted by atomic mass is 9.91. The quantitative estimate of drug-likeness (QED) is 0.834. The number of carbonyl (C=O) groups excluding carboxylic acids is 1. The normalized spacial score (nSPS) is 30.9. The Labute approximate surface area is 125 Å². The highest BCUT2D eigenvalue weighted by Gasteiger charge is 2.39. The molecule has 1 saturated heterocycles. The lowest BCUT2D eigenvalue weighted by Gasteiger charge is -2.40. The molecular formula is C17H23N3O. The van der Waals surface area contributed by atoms with E-state index in [0.717, 1.165) is 23.8 Å². The molecule has 4 heteroatoms. The van der Waals surface area contributed by atoms with Gasteiger partial charge in [0.1, 0.15) is 6.04 Å². The number of amides is 1. The Morgan fingerprint density at radius 1 is 1.10 bits per heavy atom. The molecule has 0 spiro atoms. The van der Waals surface area contributed by atoms with E-state index in [1.54, 1.807) is 0 Å². The van der Waals surface area contributed by atoms with Crippen LogP contribution >= 0.6 is 0 Å². The summed E-state index contributed by atoms with van der Waals surface area (Å²) >= 11 is 0. The van der Waals surface area contributed by atoms with Crippen LogP contribution in [0.5, 0.6) is 0 Å². The fourth-order valence-corrected chi connectivity index (χ4v) is 4.29. The number of para-hydroxylation sites is 2. The van der Waals surface area contributed by atoms with Gasteiger partial charge in [-0.3, -0.25) is 4.79 Å². The van der Waals surface area contributed by atoms with Crippen LogP contribution in [0.3, 0.4) is 0 Å². The van der Waals surface area contributed by atoms with E-state index >= 15 is 0 Å². The molecule has 2 aliphatic heterocycles. The third-order valence-corrected chi connectivity index (χ3v) is 5.33. The predicted molar refractivity (Wildman–Crippen MR) is 84.4 cm³/mol. The molecule has 3 atom stereocenters. The summed E-state index contributed by atoms with van der Waals surface area (Å²) in [5, 5.41) is 6.80. The molecular weight excluding hydrogens is 262 g/mol. The van der Waals surface area contributed by atoms with Gasteiger partial charge in [-0.1, -0.05) is 18.6 Å². The SMILES string of the molecule is O=C(C1CNc2ccccc2N1)N1CCCC2CCCC21. The maximum absolute atomic E-state index is 12.9. The molecule has 2 heterocycles. The van der Waals surface area contributed by atoms with Gasteiger partial charge in [0.2, 0.25) is 5.91 Å². The first-order chi connectivity index (χ1) is 10.3. The average Bonchev–Trinajstić information content (AvgIpc) is 3.02. The lowest BCUT2D eigenvalue weighted by Crippen LogP contribution is -2.54. The van der Waals surface area contributed by atoms with Crippen molar-refractivity contribution in [3.8, 4) is 0 Å². The minimum absolute atomic E-state index is 0.126. The number of likely N-dealkylation sites (tertiary alicyclic amines) is 1. The zero-order valence-corrected chi connectivity index (χ0v) is 12.3. The Bertz CT molecular complexity index is 545. The topological polar surface area (TPSA) is 44.4 Å². The van der Waals surface area contributed by atoms with Crippen LogP contribution in [0.1, 0.15) is 32.1 Å². The number of hydrogen-bond acceptors (Lipinski definition) is 3. The maximum Gasteiger partial charge on any atom is 0.247 e. The van der Waals surface area contributed by atoms with Crippen LogP contribution in [-0.4, -0.2) is 36.0 Å². The van der Waals surface area contributed by atoms with Crippen molar-refractivity contribution in [2.24, 2.45) is 5.92 Å². The first kappa shape index (κ1) is 13.0. The molecule has 2 fully saturated rings. The van der Waals surface area contributed by atoms with E-state index in [2.05, 4.69) is 21.6 Å². The standard InChI is InChI=1S/C17H23N3O/c21-17(20-10-4-6-12-5-3-9-16(12)20)15-11-18-13-7-1-2-8-14(13)19-15/h1-2,7-8,12,15-16,18-19H,3-6,9-11H2. The number of nitrogens with zero attached hydrogens (tertiary/aromatic N) is 1. The zero-order valence-electron chi connectivity index (χ0n) is 12.3. The summed E-state index contributed by atoms with van der Waals surface area (Å²) in [6.45, 7) is 1.63. The molecule has 1 amide bonds. The minimum atomic E-state index is -0.126. The second-order valence-electron chi connectivity index (χ2n) is 6.56. The van der Waals surface area contributed by atoms with Crippen molar-refractivity contribution < 1.29 is 4.79 Å². The summed E-state index contributed by atoms with van der Waals surface area (Å²) in [5.41, 5.74) is 2.14. The van der Waals surface area contributed by atoms with E-state index in [1.807, 2.05) is 18.2 Å². The number of benzene rings is 1. The van der Waals surface area contributed by atoms with Gasteiger partial charge in [0.25, 0.3) is 0 Å². The van der Waals surface area contributed by atoms with E-state index in [0.29, 0.717) is 12.6 Å². The van der Waals surface area contributed by atoms with Gasteiger partial charge < -0.3 is 15.5 Å². The van der Waals surface area contributed by atoms with Crippen LogP contribution in [0.15, 0.2) is 24.3 Å². The molecule has 1 aromatic rings. The van der Waals surface area contributed by atoms with Crippen LogP contribution in [0, 0.1) is 5.92 Å². The van der Waals surface area contributed by atoms with Crippen LogP contribution in [0.25, 0.3) is 0 Å². The molecule has 2 N–H and O–H groups in total. The number of carbonyl (C=O) groups is 1. The van der Waals surface area contributed by atoms with Gasteiger partial charge >= 0.3 is 0 Å². The molecule has 0 bridgehead atoms. The van der Waals surface area contributed by atoms with E-state index in [1.165, 1.54) is 32.1 Å². The molecule has 0 radical (unpaired) electrons. The van der Waals surface area contributed by atoms with Crippen molar-refractivity contribution >= 4 is 17.3 Å². The predicted octanol–water partition coefficient (Wildman–Crippen LogP) is 2.68. The smallest absolute Gasteiger partial charge is 0.247 e. The Morgan fingerprint density at radius 3 is 2.81 bits per heavy atom. The van der Waals surface area contributed by atoms with Crippen molar-refractivity contribution in [3.05, 3.63) is 24.3 Å². The maximum atomic E-state index is 12.9. The van der Waals surface area contributed by atoms with Crippen LogP contribution in [0.4, 0.5) is 11.4 Å². The highest BCUT2D eigenvalue weighted by molar-refractivity contribution is 5.89. The summed E-state index contributed by atoms with van der Waals surface area (Å²) in [6, 6.07) is 8.50. The molecule has 1 saturated carbocycles. The van der Waals surface area contributed by atoms with E-state index in [4.69, 9.17) is 0 Å². The minimum Gasteiger partial charge on any atom is -0.381 e. The van der Waals surface area contributed by atoms with E-state index in [9.17, 15) is 4.79 Å². The Balaban J connectivity index is 1.50. The van der Waals surface area contributed by atoms with Gasteiger partial charge in [0.15, 0.2) is 0 Å². The summed E-state index contributed by atoms with van der Waals surface area (Å²) in [6.07, 6.45) is 6.29. The number of piperidine rings is 1. The summed E-state index contributed by atoms with van der Waals surface area (Å²) in [7, 11) is 0. The number of fused-ring (bicyclic) bond motifs is 2. The van der Waals surface area contributed by atoms with Crippen molar-refractivity contribution in [3.63, 3.8) is 0 Å². The van der Waals surface area contributed by atoms with Crippen molar-refractivity contribution in [2.75, 3.05) is 23.7 Å². The first-order valence-electron chi connectivity index (χ1n) is 8.23. The van der Waals surface area contributed by atoms with Gasteiger partial charge in [-0.2, -0.15) is 0 Å². The highest BCUT2D eigenvalue weighted by Crippen LogP contribution is 2.37. The Kier molecular flexibility index (Phi) is 3.24. The second kappa shape index (κ2) is 5.24. The van der Waals surface area contributed by atoms with Gasteiger partial charge in [-0.05, 0) is 43.7 Å². The third-order valence-electron chi connectivity index (χ3n) is 5.33. The van der Waals surface area contributed by atoms with E-state index < -0.39 is 0 Å². The molecule has 0 aromatic heterocycles. The number of hydrogen-bond donors (Lipinski definition) is 2. The van der Waals surface area contributed by atoms with Gasteiger partial charge in [-0.15, -0.1) is 0 Å². The summed E-state index contributed by atoms with van der Waals surface area (Å²) in [4.78, 5) is 15.1. The summed E-state index contributed by atoms with van der Waals surface area (Å²) < 4.78 is 0. The zero-order chi connectivity index (χ0) is 14.2. The molecule has 1 aromatic carbocycles. The number of anilines is 2. The number of rotatable bonds is 1. The molecule has 112 valence electrons. The van der Waals surface area contributed by atoms with Crippen molar-refractivity contribution in [2.45, 2.75) is 44.2 Å². The van der Waals surface area contributed by atoms with Gasteiger partial charge in [0, 0.05) is 19.1 Å². The molecule has 3 aliphatic rings.